The third-order valence-corrected chi connectivity index (χ3v) is 5.90. The highest BCUT2D eigenvalue weighted by atomic mass is 16.2. The molecule has 0 unspecified atom stereocenters. The Bertz CT molecular complexity index is 1060. The van der Waals surface area contributed by atoms with Gasteiger partial charge in [0, 0.05) is 51.8 Å². The smallest absolute Gasteiger partial charge is 0.274 e. The van der Waals surface area contributed by atoms with Crippen LogP contribution < -0.4 is 0 Å². The summed E-state index contributed by atoms with van der Waals surface area (Å²) in [5, 5.41) is 4.26. The average molecular weight is 432 g/mol. The summed E-state index contributed by atoms with van der Waals surface area (Å²) in [4.78, 5) is 34.1. The first kappa shape index (κ1) is 21.7. The number of rotatable bonds is 6. The number of hydrogen-bond acceptors (Lipinski definition) is 4. The number of hydrogen-bond donors (Lipinski definition) is 0. The summed E-state index contributed by atoms with van der Waals surface area (Å²) in [5.74, 6) is -0.264. The van der Waals surface area contributed by atoms with E-state index in [-0.39, 0.29) is 17.7 Å². The minimum absolute atomic E-state index is 0.116. The van der Waals surface area contributed by atoms with Crippen LogP contribution in [-0.2, 0) is 18.3 Å². The van der Waals surface area contributed by atoms with Gasteiger partial charge in [0.2, 0.25) is 5.91 Å². The molecule has 0 saturated carbocycles. The number of pyridine rings is 1. The summed E-state index contributed by atoms with van der Waals surface area (Å²) in [6.45, 7) is 4.27. The monoisotopic (exact) mass is 431 g/mol. The average Bonchev–Trinajstić information content (AvgIpc) is 3.20. The van der Waals surface area contributed by atoms with Gasteiger partial charge in [0.25, 0.3) is 5.91 Å². The lowest BCUT2D eigenvalue weighted by molar-refractivity contribution is -0.134. The van der Waals surface area contributed by atoms with E-state index in [0.717, 1.165) is 23.1 Å². The quantitative estimate of drug-likeness (QED) is 0.602. The van der Waals surface area contributed by atoms with Gasteiger partial charge in [0.1, 0.15) is 5.69 Å². The van der Waals surface area contributed by atoms with Crippen LogP contribution in [0, 0.1) is 5.92 Å². The van der Waals surface area contributed by atoms with Gasteiger partial charge in [-0.25, -0.2) is 0 Å². The molecule has 0 bridgehead atoms. The highest BCUT2D eigenvalue weighted by molar-refractivity contribution is 5.93. The first-order valence-electron chi connectivity index (χ1n) is 11.1. The van der Waals surface area contributed by atoms with Crippen molar-refractivity contribution in [1.29, 1.82) is 0 Å². The van der Waals surface area contributed by atoms with Gasteiger partial charge in [0.15, 0.2) is 0 Å². The number of carbonyl (C=O) groups excluding carboxylic acids is 2. The number of benzene rings is 1. The summed E-state index contributed by atoms with van der Waals surface area (Å²) in [6.07, 6.45) is 6.82. The van der Waals surface area contributed by atoms with Crippen molar-refractivity contribution in [2.45, 2.75) is 19.8 Å². The van der Waals surface area contributed by atoms with Gasteiger partial charge >= 0.3 is 0 Å². The van der Waals surface area contributed by atoms with Gasteiger partial charge in [-0.05, 0) is 47.7 Å². The largest absolute Gasteiger partial charge is 0.341 e. The van der Waals surface area contributed by atoms with Crippen LogP contribution >= 0.6 is 0 Å². The van der Waals surface area contributed by atoms with E-state index in [1.807, 2.05) is 17.0 Å². The summed E-state index contributed by atoms with van der Waals surface area (Å²) in [7, 11) is 1.80. The van der Waals surface area contributed by atoms with Crippen molar-refractivity contribution in [3.63, 3.8) is 0 Å². The molecule has 2 amide bonds. The van der Waals surface area contributed by atoms with Gasteiger partial charge < -0.3 is 9.80 Å². The van der Waals surface area contributed by atoms with Crippen molar-refractivity contribution in [3.05, 3.63) is 72.3 Å². The predicted molar refractivity (Wildman–Crippen MR) is 123 cm³/mol. The molecule has 1 saturated heterocycles. The summed E-state index contributed by atoms with van der Waals surface area (Å²) in [5.41, 5.74) is 3.73. The van der Waals surface area contributed by atoms with Crippen molar-refractivity contribution < 1.29 is 9.59 Å². The van der Waals surface area contributed by atoms with Crippen LogP contribution in [0.15, 0.2) is 61.1 Å². The lowest BCUT2D eigenvalue weighted by Crippen LogP contribution is -2.38. The molecule has 3 heterocycles. The molecule has 32 heavy (non-hydrogen) atoms. The molecule has 1 aromatic carbocycles. The van der Waals surface area contributed by atoms with E-state index in [2.05, 4.69) is 41.3 Å². The van der Waals surface area contributed by atoms with Crippen molar-refractivity contribution in [2.24, 2.45) is 13.0 Å². The Morgan fingerprint density at radius 2 is 1.75 bits per heavy atom. The molecule has 1 atom stereocenters. The second-order valence-electron chi connectivity index (χ2n) is 8.28. The van der Waals surface area contributed by atoms with E-state index in [0.29, 0.717) is 38.3 Å². The highest BCUT2D eigenvalue weighted by Gasteiger charge is 2.32. The van der Waals surface area contributed by atoms with E-state index in [1.54, 1.807) is 41.3 Å². The molecule has 0 spiro atoms. The van der Waals surface area contributed by atoms with Crippen molar-refractivity contribution >= 4 is 11.8 Å². The standard InChI is InChI=1S/C25H29N5O2/c1-3-13-29-15-16-30(25(32)23-10-14-28(2)27-23)18-22(24(29)31)17-19-4-6-20(7-5-19)21-8-11-26-12-9-21/h4-12,14,22H,3,13,15-18H2,1-2H3/t22-/m0/s1. The molecule has 1 aliphatic rings. The minimum Gasteiger partial charge on any atom is -0.341 e. The fourth-order valence-electron chi connectivity index (χ4n) is 4.23. The van der Waals surface area contributed by atoms with E-state index in [9.17, 15) is 9.59 Å². The van der Waals surface area contributed by atoms with E-state index < -0.39 is 0 Å². The first-order chi connectivity index (χ1) is 15.5. The number of aryl methyl sites for hydroxylation is 1. The third kappa shape index (κ3) is 4.88. The van der Waals surface area contributed by atoms with Crippen molar-refractivity contribution in [1.82, 2.24) is 24.6 Å². The topological polar surface area (TPSA) is 71.3 Å². The molecule has 4 rings (SSSR count). The van der Waals surface area contributed by atoms with Crippen LogP contribution in [0.3, 0.4) is 0 Å². The van der Waals surface area contributed by atoms with Crippen LogP contribution in [0.5, 0.6) is 0 Å². The molecule has 0 aliphatic carbocycles. The van der Waals surface area contributed by atoms with Crippen LogP contribution in [0.4, 0.5) is 0 Å². The number of carbonyl (C=O) groups is 2. The molecule has 1 fully saturated rings. The number of nitrogens with zero attached hydrogens (tertiary/aromatic N) is 5. The van der Waals surface area contributed by atoms with Crippen LogP contribution in [0.1, 0.15) is 29.4 Å². The van der Waals surface area contributed by atoms with Gasteiger partial charge in [0.05, 0.1) is 5.92 Å². The van der Waals surface area contributed by atoms with Gasteiger partial charge in [-0.15, -0.1) is 0 Å². The second-order valence-corrected chi connectivity index (χ2v) is 8.28. The Kier molecular flexibility index (Phi) is 6.63. The van der Waals surface area contributed by atoms with E-state index in [4.69, 9.17) is 0 Å². The minimum atomic E-state index is -0.275. The molecule has 166 valence electrons. The summed E-state index contributed by atoms with van der Waals surface area (Å²) in [6, 6.07) is 14.0. The second kappa shape index (κ2) is 9.77. The van der Waals surface area contributed by atoms with Gasteiger partial charge in [-0.2, -0.15) is 5.10 Å². The molecule has 7 nitrogen and oxygen atoms in total. The molecule has 3 aromatic rings. The van der Waals surface area contributed by atoms with Gasteiger partial charge in [-0.3, -0.25) is 19.3 Å². The van der Waals surface area contributed by atoms with E-state index >= 15 is 0 Å². The molecule has 1 aliphatic heterocycles. The maximum absolute atomic E-state index is 13.3. The van der Waals surface area contributed by atoms with Crippen molar-refractivity contribution in [3.8, 4) is 11.1 Å². The maximum Gasteiger partial charge on any atom is 0.274 e. The summed E-state index contributed by atoms with van der Waals surface area (Å²) >= 11 is 0. The molecule has 2 aromatic heterocycles. The zero-order chi connectivity index (χ0) is 22.5. The Labute approximate surface area is 188 Å². The van der Waals surface area contributed by atoms with Gasteiger partial charge in [-0.1, -0.05) is 31.2 Å². The Morgan fingerprint density at radius 1 is 1.03 bits per heavy atom. The third-order valence-electron chi connectivity index (χ3n) is 5.90. The zero-order valence-corrected chi connectivity index (χ0v) is 18.6. The van der Waals surface area contributed by atoms with Crippen LogP contribution in [0.25, 0.3) is 11.1 Å². The fourth-order valence-corrected chi connectivity index (χ4v) is 4.23. The zero-order valence-electron chi connectivity index (χ0n) is 18.6. The molecular formula is C25H29N5O2. The molecular weight excluding hydrogens is 402 g/mol. The normalized spacial score (nSPS) is 16.8. The Hall–Kier alpha value is -3.48. The Balaban J connectivity index is 1.53. The summed E-state index contributed by atoms with van der Waals surface area (Å²) < 4.78 is 1.63. The highest BCUT2D eigenvalue weighted by Crippen LogP contribution is 2.22. The SMILES string of the molecule is CCCN1CCN(C(=O)c2ccn(C)n2)C[C@H](Cc2ccc(-c3ccncc3)cc2)C1=O. The lowest BCUT2D eigenvalue weighted by Gasteiger charge is -2.23. The fraction of sp³-hybridized carbons (Fsp3) is 0.360. The van der Waals surface area contributed by atoms with Crippen molar-refractivity contribution in [2.75, 3.05) is 26.2 Å². The first-order valence-corrected chi connectivity index (χ1v) is 11.1. The predicted octanol–water partition coefficient (Wildman–Crippen LogP) is 3.04. The maximum atomic E-state index is 13.3. The van der Waals surface area contributed by atoms with E-state index in [1.165, 1.54) is 0 Å². The van der Waals surface area contributed by atoms with Crippen LogP contribution in [-0.4, -0.2) is 62.6 Å². The van der Waals surface area contributed by atoms with Crippen LogP contribution in [0.2, 0.25) is 0 Å². The number of amides is 2. The molecule has 7 heteroatoms. The Morgan fingerprint density at radius 3 is 2.41 bits per heavy atom. The lowest BCUT2D eigenvalue weighted by atomic mass is 9.95. The number of aromatic nitrogens is 3. The molecule has 0 N–H and O–H groups in total. The molecule has 0 radical (unpaired) electrons.